The van der Waals surface area contributed by atoms with E-state index in [2.05, 4.69) is 40.5 Å². The lowest BCUT2D eigenvalue weighted by molar-refractivity contribution is 0.581. The molecule has 1 aromatic rings. The van der Waals surface area contributed by atoms with Gasteiger partial charge in [-0.15, -0.1) is 0 Å². The van der Waals surface area contributed by atoms with Gasteiger partial charge >= 0.3 is 0 Å². The number of hydrogen-bond acceptors (Lipinski definition) is 4. The molecule has 25 heavy (non-hydrogen) atoms. The molecule has 0 aliphatic heterocycles. The fourth-order valence-corrected chi connectivity index (χ4v) is 3.57. The zero-order chi connectivity index (χ0) is 18.5. The van der Waals surface area contributed by atoms with Crippen molar-refractivity contribution in [1.29, 1.82) is 0 Å². The van der Waals surface area contributed by atoms with Crippen LogP contribution in [0.2, 0.25) is 0 Å². The van der Waals surface area contributed by atoms with E-state index in [9.17, 15) is 8.42 Å². The molecule has 0 radical (unpaired) electrons. The van der Waals surface area contributed by atoms with Crippen molar-refractivity contribution in [3.05, 3.63) is 29.8 Å². The van der Waals surface area contributed by atoms with E-state index in [0.717, 1.165) is 30.9 Å². The maximum absolute atomic E-state index is 12.2. The van der Waals surface area contributed by atoms with Gasteiger partial charge in [-0.2, -0.15) is 11.8 Å². The first-order valence-corrected chi connectivity index (χ1v) is 11.1. The summed E-state index contributed by atoms with van der Waals surface area (Å²) < 4.78 is 27.1. The number of hydrogen-bond donors (Lipinski definition) is 3. The van der Waals surface area contributed by atoms with Gasteiger partial charge in [0.25, 0.3) is 0 Å². The molecule has 0 spiro atoms. The Bertz CT molecular complexity index is 696. The van der Waals surface area contributed by atoms with Crippen LogP contribution in [0.5, 0.6) is 0 Å². The Kier molecular flexibility index (Phi) is 6.76. The maximum Gasteiger partial charge on any atom is 0.240 e. The van der Waals surface area contributed by atoms with E-state index in [1.807, 2.05) is 12.1 Å². The molecule has 0 heterocycles. The van der Waals surface area contributed by atoms with E-state index in [4.69, 9.17) is 0 Å². The van der Waals surface area contributed by atoms with E-state index >= 15 is 0 Å². The second-order valence-electron chi connectivity index (χ2n) is 6.78. The molecule has 2 rings (SSSR count). The molecule has 0 atom stereocenters. The third-order valence-corrected chi connectivity index (χ3v) is 6.84. The van der Waals surface area contributed by atoms with Gasteiger partial charge in [0.2, 0.25) is 10.0 Å². The van der Waals surface area contributed by atoms with E-state index in [-0.39, 0.29) is 10.8 Å². The normalized spacial score (nSPS) is 15.9. The molecular weight excluding hydrogens is 356 g/mol. The Morgan fingerprint density at radius 3 is 2.40 bits per heavy atom. The second kappa shape index (κ2) is 8.42. The van der Waals surface area contributed by atoms with Gasteiger partial charge in [-0.05, 0) is 50.6 Å². The van der Waals surface area contributed by atoms with Crippen LogP contribution in [0, 0.1) is 0 Å². The summed E-state index contributed by atoms with van der Waals surface area (Å²) in [6, 6.07) is 7.07. The van der Waals surface area contributed by atoms with Crippen LogP contribution in [0.15, 0.2) is 34.2 Å². The molecule has 8 heteroatoms. The number of rotatable bonds is 8. The first kappa shape index (κ1) is 20.1. The Labute approximate surface area is 155 Å². The predicted octanol–water partition coefficient (Wildman–Crippen LogP) is 1.93. The van der Waals surface area contributed by atoms with Gasteiger partial charge in [0.15, 0.2) is 5.96 Å². The van der Waals surface area contributed by atoms with Gasteiger partial charge < -0.3 is 10.6 Å². The van der Waals surface area contributed by atoms with Crippen molar-refractivity contribution in [3.8, 4) is 0 Å². The van der Waals surface area contributed by atoms with E-state index in [1.54, 1.807) is 30.9 Å². The van der Waals surface area contributed by atoms with Crippen molar-refractivity contribution in [3.63, 3.8) is 0 Å². The number of guanidine groups is 1. The average molecular weight is 385 g/mol. The lowest BCUT2D eigenvalue weighted by Gasteiger charge is -2.23. The standard InChI is InChI=1S/C17H28N4O2S2/c1-17(2,24-4)12-20-16(18-3)19-11-13-5-9-15(10-6-13)25(22,23)21-14-7-8-14/h5-6,9-10,14,21H,7-8,11-12H2,1-4H3,(H2,18,19,20). The van der Waals surface area contributed by atoms with Crippen molar-refractivity contribution in [2.24, 2.45) is 4.99 Å². The number of aliphatic imine (C=N–C) groups is 1. The largest absolute Gasteiger partial charge is 0.355 e. The minimum atomic E-state index is -3.39. The lowest BCUT2D eigenvalue weighted by Crippen LogP contribution is -2.42. The smallest absolute Gasteiger partial charge is 0.240 e. The quantitative estimate of drug-likeness (QED) is 0.471. The van der Waals surface area contributed by atoms with Crippen LogP contribution < -0.4 is 15.4 Å². The van der Waals surface area contributed by atoms with Crippen molar-refractivity contribution >= 4 is 27.7 Å². The van der Waals surface area contributed by atoms with Gasteiger partial charge in [-0.1, -0.05) is 12.1 Å². The molecule has 1 aromatic carbocycles. The molecule has 0 aromatic heterocycles. The third kappa shape index (κ3) is 6.52. The number of thioether (sulfide) groups is 1. The van der Waals surface area contributed by atoms with Crippen molar-refractivity contribution in [2.75, 3.05) is 19.8 Å². The zero-order valence-corrected chi connectivity index (χ0v) is 16.9. The van der Waals surface area contributed by atoms with Crippen LogP contribution in [-0.2, 0) is 16.6 Å². The SMILES string of the molecule is CN=C(NCc1ccc(S(=O)(=O)NC2CC2)cc1)NCC(C)(C)SC. The van der Waals surface area contributed by atoms with Crippen LogP contribution >= 0.6 is 11.8 Å². The summed E-state index contributed by atoms with van der Waals surface area (Å²) in [5.74, 6) is 0.731. The van der Waals surface area contributed by atoms with E-state index in [0.29, 0.717) is 11.4 Å². The molecule has 0 saturated heterocycles. The molecule has 1 aliphatic carbocycles. The maximum atomic E-state index is 12.2. The molecule has 0 bridgehead atoms. The van der Waals surface area contributed by atoms with Gasteiger partial charge in [-0.3, -0.25) is 4.99 Å². The molecule has 140 valence electrons. The third-order valence-electron chi connectivity index (χ3n) is 4.05. The van der Waals surface area contributed by atoms with Gasteiger partial charge in [0.1, 0.15) is 0 Å². The van der Waals surface area contributed by atoms with Gasteiger partial charge in [-0.25, -0.2) is 13.1 Å². The van der Waals surface area contributed by atoms with Crippen LogP contribution in [-0.4, -0.2) is 45.0 Å². The van der Waals surface area contributed by atoms with Crippen molar-refractivity contribution in [2.45, 2.75) is 48.9 Å². The summed E-state index contributed by atoms with van der Waals surface area (Å²) >= 11 is 1.80. The van der Waals surface area contributed by atoms with Crippen molar-refractivity contribution in [1.82, 2.24) is 15.4 Å². The van der Waals surface area contributed by atoms with E-state index < -0.39 is 10.0 Å². The Hall–Kier alpha value is -1.25. The highest BCUT2D eigenvalue weighted by Crippen LogP contribution is 2.22. The van der Waals surface area contributed by atoms with E-state index in [1.165, 1.54) is 0 Å². The molecule has 0 unspecified atom stereocenters. The predicted molar refractivity (Wildman–Crippen MR) is 106 cm³/mol. The number of nitrogens with zero attached hydrogens (tertiary/aromatic N) is 1. The number of benzene rings is 1. The van der Waals surface area contributed by atoms with Crippen LogP contribution in [0.3, 0.4) is 0 Å². The summed E-state index contributed by atoms with van der Waals surface area (Å²) in [6.45, 7) is 5.73. The summed E-state index contributed by atoms with van der Waals surface area (Å²) in [7, 11) is -1.65. The second-order valence-corrected chi connectivity index (χ2v) is 10.0. The molecule has 1 fully saturated rings. The molecular formula is C17H28N4O2S2. The topological polar surface area (TPSA) is 82.6 Å². The van der Waals surface area contributed by atoms with Crippen molar-refractivity contribution < 1.29 is 8.42 Å². The monoisotopic (exact) mass is 384 g/mol. The summed E-state index contributed by atoms with van der Waals surface area (Å²) in [5, 5.41) is 6.55. The highest BCUT2D eigenvalue weighted by Gasteiger charge is 2.27. The number of nitrogens with one attached hydrogen (secondary N) is 3. The fraction of sp³-hybridized carbons (Fsp3) is 0.588. The summed E-state index contributed by atoms with van der Waals surface area (Å²) in [4.78, 5) is 4.53. The minimum Gasteiger partial charge on any atom is -0.355 e. The highest BCUT2D eigenvalue weighted by atomic mass is 32.2. The van der Waals surface area contributed by atoms with Gasteiger partial charge in [0, 0.05) is 30.9 Å². The zero-order valence-electron chi connectivity index (χ0n) is 15.3. The van der Waals surface area contributed by atoms with Gasteiger partial charge in [0.05, 0.1) is 4.90 Å². The highest BCUT2D eigenvalue weighted by molar-refractivity contribution is 7.99. The first-order chi connectivity index (χ1) is 11.8. The van der Waals surface area contributed by atoms with Crippen LogP contribution in [0.25, 0.3) is 0 Å². The molecule has 1 saturated carbocycles. The summed E-state index contributed by atoms with van der Waals surface area (Å²) in [6.07, 6.45) is 3.95. The average Bonchev–Trinajstić information content (AvgIpc) is 3.38. The van der Waals surface area contributed by atoms with Crippen LogP contribution in [0.1, 0.15) is 32.3 Å². The minimum absolute atomic E-state index is 0.117. The lowest BCUT2D eigenvalue weighted by atomic mass is 10.2. The molecule has 0 amide bonds. The number of sulfonamides is 1. The summed E-state index contributed by atoms with van der Waals surface area (Å²) in [5.41, 5.74) is 0.998. The Balaban J connectivity index is 1.88. The van der Waals surface area contributed by atoms with Crippen LogP contribution in [0.4, 0.5) is 0 Å². The fourth-order valence-electron chi connectivity index (χ4n) is 2.05. The molecule has 1 aliphatic rings. The Morgan fingerprint density at radius 1 is 1.24 bits per heavy atom. The Morgan fingerprint density at radius 2 is 1.88 bits per heavy atom. The molecule has 3 N–H and O–H groups in total. The first-order valence-electron chi connectivity index (χ1n) is 8.37. The molecule has 6 nitrogen and oxygen atoms in total.